The molecule has 9 nitrogen and oxygen atoms in total. The summed E-state index contributed by atoms with van der Waals surface area (Å²) in [5, 5.41) is 16.3. The highest BCUT2D eigenvalue weighted by Gasteiger charge is 2.25. The minimum absolute atomic E-state index is 0.0916. The number of aliphatic hydroxyl groups is 1. The fraction of sp³-hybridized carbons (Fsp3) is 0.439. The van der Waals surface area contributed by atoms with E-state index in [0.29, 0.717) is 43.8 Å². The number of ether oxygens (including phenoxy) is 3. The maximum absolute atomic E-state index is 13.8. The number of aliphatic hydroxyl groups excluding tert-OH is 1. The summed E-state index contributed by atoms with van der Waals surface area (Å²) in [5.74, 6) is 1.52. The van der Waals surface area contributed by atoms with Crippen LogP contribution in [0, 0.1) is 0 Å². The van der Waals surface area contributed by atoms with Crippen LogP contribution in [0.2, 0.25) is 0 Å². The Morgan fingerprint density at radius 2 is 1.80 bits per heavy atom. The molecule has 1 amide bonds. The molecule has 0 aromatic heterocycles. The zero-order valence-corrected chi connectivity index (χ0v) is 31.4. The molecule has 2 aliphatic rings. The van der Waals surface area contributed by atoms with Gasteiger partial charge in [0.05, 0.1) is 31.6 Å². The third kappa shape index (κ3) is 11.3. The Morgan fingerprint density at radius 3 is 2.55 bits per heavy atom. The molecule has 10 heteroatoms. The lowest BCUT2D eigenvalue weighted by molar-refractivity contribution is -0.112. The predicted octanol–water partition coefficient (Wildman–Crippen LogP) is 7.60. The van der Waals surface area contributed by atoms with Gasteiger partial charge < -0.3 is 34.9 Å². The van der Waals surface area contributed by atoms with Crippen LogP contribution in [-0.2, 0) is 14.3 Å². The Balaban J connectivity index is 1.33. The predicted molar refractivity (Wildman–Crippen MR) is 210 cm³/mol. The van der Waals surface area contributed by atoms with E-state index in [1.807, 2.05) is 43.3 Å². The van der Waals surface area contributed by atoms with Gasteiger partial charge in [0, 0.05) is 60.8 Å². The highest BCUT2D eigenvalue weighted by atomic mass is 32.2. The van der Waals surface area contributed by atoms with Crippen molar-refractivity contribution in [3.8, 4) is 16.9 Å². The minimum atomic E-state index is -0.0916. The van der Waals surface area contributed by atoms with E-state index in [2.05, 4.69) is 70.8 Å². The first-order valence-corrected chi connectivity index (χ1v) is 19.1. The molecule has 1 atom stereocenters. The lowest BCUT2D eigenvalue weighted by Crippen LogP contribution is -2.49. The second-order valence-electron chi connectivity index (χ2n) is 13.1. The van der Waals surface area contributed by atoms with Crippen LogP contribution in [0.1, 0.15) is 45.1 Å². The second kappa shape index (κ2) is 19.6. The SMILES string of the molecule is CCCCOCCOc1ccc(-c2ccc3c(c2)/C=C(/C(=O)Nc2ccc(SC/C(O)=C(\C)NC)cc2)CCCN3CC2COCCN2C)cc1. The smallest absolute Gasteiger partial charge is 0.251 e. The van der Waals surface area contributed by atoms with Crippen molar-refractivity contribution >= 4 is 35.1 Å². The van der Waals surface area contributed by atoms with Gasteiger partial charge in [-0.3, -0.25) is 9.69 Å². The molecule has 1 saturated heterocycles. The topological polar surface area (TPSA) is 95.5 Å². The molecule has 0 spiro atoms. The van der Waals surface area contributed by atoms with Crippen LogP contribution in [0.5, 0.6) is 5.75 Å². The lowest BCUT2D eigenvalue weighted by Gasteiger charge is -2.38. The first-order valence-electron chi connectivity index (χ1n) is 18.1. The average molecular weight is 715 g/mol. The lowest BCUT2D eigenvalue weighted by atomic mass is 9.96. The van der Waals surface area contributed by atoms with Crippen LogP contribution in [0.3, 0.4) is 0 Å². The fourth-order valence-corrected chi connectivity index (χ4v) is 6.94. The van der Waals surface area contributed by atoms with E-state index in [1.54, 1.807) is 18.8 Å². The van der Waals surface area contributed by atoms with Crippen molar-refractivity contribution in [2.45, 2.75) is 50.5 Å². The van der Waals surface area contributed by atoms with Gasteiger partial charge in [-0.2, -0.15) is 0 Å². The summed E-state index contributed by atoms with van der Waals surface area (Å²) in [6, 6.07) is 22.8. The van der Waals surface area contributed by atoms with Crippen molar-refractivity contribution in [3.05, 3.63) is 89.3 Å². The number of fused-ring (bicyclic) bond motifs is 1. The van der Waals surface area contributed by atoms with Crippen LogP contribution < -0.4 is 20.3 Å². The first kappa shape index (κ1) is 38.3. The van der Waals surface area contributed by atoms with Crippen LogP contribution in [0.15, 0.2) is 88.7 Å². The summed E-state index contributed by atoms with van der Waals surface area (Å²) in [6.45, 7) is 9.99. The van der Waals surface area contributed by atoms with E-state index in [4.69, 9.17) is 14.2 Å². The monoisotopic (exact) mass is 714 g/mol. The second-order valence-corrected chi connectivity index (χ2v) is 14.2. The number of carbonyl (C=O) groups is 1. The number of likely N-dealkylation sites (N-methyl/N-ethyl adjacent to an activating group) is 1. The van der Waals surface area contributed by atoms with Gasteiger partial charge in [0.25, 0.3) is 5.91 Å². The molecule has 274 valence electrons. The molecule has 3 N–H and O–H groups in total. The van der Waals surface area contributed by atoms with Crippen LogP contribution in [0.25, 0.3) is 17.2 Å². The van der Waals surface area contributed by atoms with Gasteiger partial charge in [-0.25, -0.2) is 0 Å². The molecular formula is C41H54N4O5S. The van der Waals surface area contributed by atoms with Crippen molar-refractivity contribution < 1.29 is 24.1 Å². The van der Waals surface area contributed by atoms with Gasteiger partial charge >= 0.3 is 0 Å². The number of hydrogen-bond donors (Lipinski definition) is 3. The van der Waals surface area contributed by atoms with Gasteiger partial charge in [0.15, 0.2) is 0 Å². The molecule has 0 saturated carbocycles. The normalized spacial score (nSPS) is 18.1. The molecule has 51 heavy (non-hydrogen) atoms. The molecule has 3 aromatic rings. The minimum Gasteiger partial charge on any atom is -0.510 e. The van der Waals surface area contributed by atoms with Crippen LogP contribution in [0.4, 0.5) is 11.4 Å². The molecule has 5 rings (SSSR count). The molecule has 3 aromatic carbocycles. The number of benzene rings is 3. The summed E-state index contributed by atoms with van der Waals surface area (Å²) in [6.07, 6.45) is 5.79. The zero-order valence-electron chi connectivity index (χ0n) is 30.6. The summed E-state index contributed by atoms with van der Waals surface area (Å²) in [4.78, 5) is 19.6. The molecule has 0 bridgehead atoms. The maximum atomic E-state index is 13.8. The Bertz CT molecular complexity index is 1630. The van der Waals surface area contributed by atoms with Crippen molar-refractivity contribution in [3.63, 3.8) is 0 Å². The molecule has 1 fully saturated rings. The van der Waals surface area contributed by atoms with E-state index < -0.39 is 0 Å². The van der Waals surface area contributed by atoms with E-state index in [9.17, 15) is 9.90 Å². The molecular weight excluding hydrogens is 661 g/mol. The van der Waals surface area contributed by atoms with E-state index >= 15 is 0 Å². The largest absolute Gasteiger partial charge is 0.510 e. The highest BCUT2D eigenvalue weighted by Crippen LogP contribution is 2.33. The molecule has 0 aliphatic carbocycles. The number of anilines is 2. The number of morpholine rings is 1. The number of thioether (sulfide) groups is 1. The quantitative estimate of drug-likeness (QED) is 0.0788. The highest BCUT2D eigenvalue weighted by molar-refractivity contribution is 7.99. The average Bonchev–Trinajstić information content (AvgIpc) is 3.14. The van der Waals surface area contributed by atoms with E-state index in [0.717, 1.165) is 102 Å². The number of nitrogens with one attached hydrogen (secondary N) is 2. The molecule has 2 heterocycles. The third-order valence-corrected chi connectivity index (χ3v) is 10.5. The van der Waals surface area contributed by atoms with Crippen molar-refractivity contribution in [2.75, 3.05) is 82.7 Å². The number of carbonyl (C=O) groups excluding carboxylic acids is 1. The van der Waals surface area contributed by atoms with Gasteiger partial charge in [-0.15, -0.1) is 11.8 Å². The van der Waals surface area contributed by atoms with Crippen molar-refractivity contribution in [1.29, 1.82) is 0 Å². The third-order valence-electron chi connectivity index (χ3n) is 9.44. The number of nitrogens with zero attached hydrogens (tertiary/aromatic N) is 2. The molecule has 0 radical (unpaired) electrons. The van der Waals surface area contributed by atoms with Crippen LogP contribution in [-0.4, -0.2) is 94.5 Å². The van der Waals surface area contributed by atoms with Gasteiger partial charge in [0.1, 0.15) is 18.1 Å². The molecule has 2 aliphatic heterocycles. The van der Waals surface area contributed by atoms with E-state index in [1.165, 1.54) is 0 Å². The van der Waals surface area contributed by atoms with Crippen LogP contribution >= 0.6 is 11.8 Å². The first-order chi connectivity index (χ1) is 24.8. The van der Waals surface area contributed by atoms with Crippen molar-refractivity contribution in [2.24, 2.45) is 0 Å². The summed E-state index contributed by atoms with van der Waals surface area (Å²) >= 11 is 1.54. The summed E-state index contributed by atoms with van der Waals surface area (Å²) < 4.78 is 17.4. The Morgan fingerprint density at radius 1 is 1.02 bits per heavy atom. The van der Waals surface area contributed by atoms with Gasteiger partial charge in [-0.1, -0.05) is 31.5 Å². The van der Waals surface area contributed by atoms with E-state index in [-0.39, 0.29) is 5.91 Å². The zero-order chi connectivity index (χ0) is 36.0. The Hall–Kier alpha value is -3.96. The molecule has 1 unspecified atom stereocenters. The van der Waals surface area contributed by atoms with Crippen molar-refractivity contribution in [1.82, 2.24) is 10.2 Å². The standard InChI is InChI=1S/C41H54N4O5S/c1-5-6-21-48-23-24-50-37-14-9-31(10-15-37)32-11-18-39-34(25-32)26-33(8-7-19-45(39)27-36-28-49-22-20-44(36)4)41(47)43-35-12-16-38(17-13-35)51-29-40(46)30(2)42-3/h9-18,25-26,36,42,46H,5-8,19-24,27-29H2,1-4H3,(H,43,47)/b33-26+,40-30-. The number of rotatable bonds is 16. The summed E-state index contributed by atoms with van der Waals surface area (Å²) in [7, 11) is 3.97. The fourth-order valence-electron chi connectivity index (χ4n) is 6.09. The Labute approximate surface area is 308 Å². The van der Waals surface area contributed by atoms with Gasteiger partial charge in [0.2, 0.25) is 0 Å². The summed E-state index contributed by atoms with van der Waals surface area (Å²) in [5.41, 5.74) is 6.57. The maximum Gasteiger partial charge on any atom is 0.251 e. The van der Waals surface area contributed by atoms with Gasteiger partial charge in [-0.05, 0) is 105 Å². The number of hydrogen-bond acceptors (Lipinski definition) is 9. The number of unbranched alkanes of at least 4 members (excludes halogenated alkanes) is 1. The number of allylic oxidation sites excluding steroid dienone is 1. The Kier molecular flexibility index (Phi) is 14.7. The number of amides is 1.